The fourth-order valence-corrected chi connectivity index (χ4v) is 2.36. The summed E-state index contributed by atoms with van der Waals surface area (Å²) < 4.78 is 44.9. The number of carbonyl (C=O) groups is 1. The molecule has 0 unspecified atom stereocenters. The highest BCUT2D eigenvalue weighted by molar-refractivity contribution is 5.66. The van der Waals surface area contributed by atoms with Crippen LogP contribution in [-0.2, 0) is 9.53 Å². The number of hydrogen-bond donors (Lipinski definition) is 0. The van der Waals surface area contributed by atoms with E-state index in [1.54, 1.807) is 12.2 Å². The van der Waals surface area contributed by atoms with E-state index in [2.05, 4.69) is 0 Å². The van der Waals surface area contributed by atoms with Gasteiger partial charge in [-0.15, -0.1) is 0 Å². The van der Waals surface area contributed by atoms with Gasteiger partial charge in [0.1, 0.15) is 6.61 Å². The van der Waals surface area contributed by atoms with E-state index in [4.69, 9.17) is 11.6 Å². The maximum atomic E-state index is 10.8. The smallest absolute Gasteiger partial charge is 0.302 e. The molecule has 0 amide bonds. The average molecular weight is 334 g/mol. The Hall–Kier alpha value is -1.83. The summed E-state index contributed by atoms with van der Waals surface area (Å²) in [5.41, 5.74) is 1.94. The van der Waals surface area contributed by atoms with Crippen LogP contribution >= 0.6 is 0 Å². The van der Waals surface area contributed by atoms with Gasteiger partial charge in [-0.1, -0.05) is 60.9 Å². The Labute approximate surface area is 154 Å². The molecule has 0 saturated carbocycles. The number of esters is 1. The highest BCUT2D eigenvalue weighted by Gasteiger charge is 2.26. The summed E-state index contributed by atoms with van der Waals surface area (Å²) in [4.78, 5) is 10.8. The monoisotopic (exact) mass is 333 g/mol. The highest BCUT2D eigenvalue weighted by Crippen LogP contribution is 2.40. The maximum Gasteiger partial charge on any atom is 0.302 e. The zero-order chi connectivity index (χ0) is 22.5. The summed E-state index contributed by atoms with van der Waals surface area (Å²) in [7, 11) is 0. The van der Waals surface area contributed by atoms with Crippen molar-refractivity contribution in [3.05, 3.63) is 58.7 Å². The van der Waals surface area contributed by atoms with Crippen LogP contribution in [0.3, 0.4) is 0 Å². The molecular weight excluding hydrogens is 296 g/mol. The molecule has 0 aliphatic heterocycles. The van der Waals surface area contributed by atoms with Crippen LogP contribution in [0.15, 0.2) is 58.7 Å². The van der Waals surface area contributed by atoms with Crippen LogP contribution in [0.1, 0.15) is 67.5 Å². The van der Waals surface area contributed by atoms with Gasteiger partial charge in [0.2, 0.25) is 0 Å². The first kappa shape index (κ1) is 13.5. The fourth-order valence-electron chi connectivity index (χ4n) is 2.36. The molecule has 0 fully saturated rings. The first-order chi connectivity index (χ1) is 13.2. The maximum absolute atomic E-state index is 10.8. The fraction of sp³-hybridized carbons (Fsp3) is 0.500. The summed E-state index contributed by atoms with van der Waals surface area (Å²) in [6.45, 7) is 6.86. The molecule has 0 atom stereocenters. The highest BCUT2D eigenvalue weighted by atomic mass is 16.5. The van der Waals surface area contributed by atoms with Gasteiger partial charge >= 0.3 is 5.97 Å². The molecule has 0 aromatic carbocycles. The number of ether oxygens (including phenoxy) is 1. The Morgan fingerprint density at radius 2 is 2.04 bits per heavy atom. The number of hydrogen-bond acceptors (Lipinski definition) is 2. The lowest BCUT2D eigenvalue weighted by Gasteiger charge is -2.32. The second kappa shape index (κ2) is 9.46. The largest absolute Gasteiger partial charge is 0.462 e. The van der Waals surface area contributed by atoms with Gasteiger partial charge < -0.3 is 4.74 Å². The summed E-state index contributed by atoms with van der Waals surface area (Å²) >= 11 is 0. The standard InChI is InChI=1S/C22H32O2/c1-17(9-7-10-18(2)14-16-24-20(4)23)12-13-21-19(3)11-8-15-22(21,5)6/h7,9-10,12-14H,8,11,15-16H2,1-6H3/i3D3,11D2. The molecule has 0 aromatic heterocycles. The normalized spacial score (nSPS) is 25.1. The van der Waals surface area contributed by atoms with Crippen LogP contribution in [-0.4, -0.2) is 12.6 Å². The van der Waals surface area contributed by atoms with Gasteiger partial charge in [0, 0.05) is 13.8 Å². The van der Waals surface area contributed by atoms with E-state index in [0.29, 0.717) is 12.0 Å². The SMILES string of the molecule is [2H]C([2H])([2H])C1=C(C=CC(C)=CC=CC(C)=CCOC(C)=O)C(C)(C)CCC1([2H])[2H]. The van der Waals surface area contributed by atoms with Crippen LogP contribution < -0.4 is 0 Å². The molecule has 0 bridgehead atoms. The van der Waals surface area contributed by atoms with Gasteiger partial charge in [-0.05, 0) is 57.0 Å². The van der Waals surface area contributed by atoms with Crippen molar-refractivity contribution in [3.8, 4) is 0 Å². The van der Waals surface area contributed by atoms with Crippen molar-refractivity contribution in [2.75, 3.05) is 6.61 Å². The van der Waals surface area contributed by atoms with Gasteiger partial charge in [0.15, 0.2) is 0 Å². The second-order valence-corrected chi connectivity index (χ2v) is 6.70. The van der Waals surface area contributed by atoms with Gasteiger partial charge in [0.25, 0.3) is 0 Å². The molecular formula is C22H32O2. The molecule has 1 rings (SSSR count). The molecule has 0 heterocycles. The number of allylic oxidation sites excluding steroid dienone is 9. The first-order valence-electron chi connectivity index (χ1n) is 10.8. The van der Waals surface area contributed by atoms with E-state index in [0.717, 1.165) is 11.1 Å². The van der Waals surface area contributed by atoms with E-state index in [-0.39, 0.29) is 24.6 Å². The number of carbonyl (C=O) groups excluding carboxylic acids is 1. The van der Waals surface area contributed by atoms with E-state index < -0.39 is 18.6 Å². The predicted molar refractivity (Wildman–Crippen MR) is 103 cm³/mol. The Kier molecular flexibility index (Phi) is 5.31. The molecule has 1 aliphatic rings. The second-order valence-electron chi connectivity index (χ2n) is 6.70. The van der Waals surface area contributed by atoms with Crippen LogP contribution in [0.4, 0.5) is 0 Å². The Balaban J connectivity index is 3.08. The van der Waals surface area contributed by atoms with E-state index >= 15 is 0 Å². The van der Waals surface area contributed by atoms with Gasteiger partial charge in [-0.2, -0.15) is 0 Å². The Bertz CT molecular complexity index is 763. The lowest BCUT2D eigenvalue weighted by atomic mass is 9.72. The molecule has 0 radical (unpaired) electrons. The molecule has 132 valence electrons. The third-order valence-corrected chi connectivity index (χ3v) is 3.97. The lowest BCUT2D eigenvalue weighted by Crippen LogP contribution is -2.19. The van der Waals surface area contributed by atoms with Crippen molar-refractivity contribution < 1.29 is 16.4 Å². The van der Waals surface area contributed by atoms with E-state index in [1.165, 1.54) is 6.92 Å². The zero-order valence-corrected chi connectivity index (χ0v) is 15.4. The molecule has 0 aromatic rings. The third-order valence-electron chi connectivity index (χ3n) is 3.97. The topological polar surface area (TPSA) is 26.3 Å². The van der Waals surface area contributed by atoms with Crippen LogP contribution in [0.2, 0.25) is 0 Å². The minimum atomic E-state index is -2.47. The Morgan fingerprint density at radius 1 is 1.29 bits per heavy atom. The van der Waals surface area contributed by atoms with Crippen molar-refractivity contribution in [1.29, 1.82) is 0 Å². The average Bonchev–Trinajstić information content (AvgIpc) is 2.54. The number of rotatable bonds is 6. The summed E-state index contributed by atoms with van der Waals surface area (Å²) in [5.74, 6) is -0.320. The van der Waals surface area contributed by atoms with Crippen molar-refractivity contribution >= 4 is 5.97 Å². The summed E-state index contributed by atoms with van der Waals surface area (Å²) in [6.07, 6.45) is 9.99. The van der Waals surface area contributed by atoms with E-state index in [9.17, 15) is 4.79 Å². The van der Waals surface area contributed by atoms with E-state index in [1.807, 2.05) is 52.0 Å². The van der Waals surface area contributed by atoms with Crippen molar-refractivity contribution in [3.63, 3.8) is 0 Å². The first-order valence-corrected chi connectivity index (χ1v) is 8.26. The van der Waals surface area contributed by atoms with Crippen molar-refractivity contribution in [2.45, 2.75) is 60.7 Å². The van der Waals surface area contributed by atoms with Gasteiger partial charge in [-0.25, -0.2) is 0 Å². The molecule has 0 saturated heterocycles. The summed E-state index contributed by atoms with van der Waals surface area (Å²) in [6, 6.07) is 0. The minimum Gasteiger partial charge on any atom is -0.462 e. The third kappa shape index (κ3) is 7.16. The molecule has 1 aliphatic carbocycles. The molecule has 2 nitrogen and oxygen atoms in total. The van der Waals surface area contributed by atoms with Gasteiger partial charge in [-0.3, -0.25) is 4.79 Å². The summed E-state index contributed by atoms with van der Waals surface area (Å²) in [5, 5.41) is 0. The zero-order valence-electron chi connectivity index (χ0n) is 20.4. The van der Waals surface area contributed by atoms with Crippen LogP contribution in [0.5, 0.6) is 0 Å². The Morgan fingerprint density at radius 3 is 2.71 bits per heavy atom. The van der Waals surface area contributed by atoms with Gasteiger partial charge in [0.05, 0.1) is 0 Å². The molecule has 2 heteroatoms. The molecule has 0 spiro atoms. The predicted octanol–water partition coefficient (Wildman–Crippen LogP) is 6.08. The lowest BCUT2D eigenvalue weighted by molar-refractivity contribution is -0.139. The van der Waals surface area contributed by atoms with Crippen LogP contribution in [0.25, 0.3) is 0 Å². The van der Waals surface area contributed by atoms with Crippen molar-refractivity contribution in [2.24, 2.45) is 5.41 Å². The van der Waals surface area contributed by atoms with Crippen LogP contribution in [0, 0.1) is 5.41 Å². The molecule has 0 N–H and O–H groups in total. The quantitative estimate of drug-likeness (QED) is 0.435. The van der Waals surface area contributed by atoms with Crippen molar-refractivity contribution in [1.82, 2.24) is 0 Å². The molecule has 24 heavy (non-hydrogen) atoms. The minimum absolute atomic E-state index is 0.0786.